The molecule has 1 aliphatic rings. The molecular formula is C18H14F2. The van der Waals surface area contributed by atoms with E-state index in [0.29, 0.717) is 12.0 Å². The molecule has 0 nitrogen and oxygen atoms in total. The van der Waals surface area contributed by atoms with E-state index in [2.05, 4.69) is 23.7 Å². The molecule has 0 aromatic heterocycles. The lowest BCUT2D eigenvalue weighted by Crippen LogP contribution is -1.92. The highest BCUT2D eigenvalue weighted by atomic mass is 19.1. The number of halogens is 2. The molecule has 2 heteroatoms. The fraction of sp³-hybridized carbons (Fsp3) is 0.222. The van der Waals surface area contributed by atoms with Gasteiger partial charge in [-0.25, -0.2) is 8.78 Å². The molecule has 1 aromatic rings. The molecule has 0 heterocycles. The Hall–Kier alpha value is -2.32. The first kappa shape index (κ1) is 14.1. The highest BCUT2D eigenvalue weighted by Gasteiger charge is 2.07. The molecular weight excluding hydrogens is 254 g/mol. The van der Waals surface area contributed by atoms with Crippen molar-refractivity contribution in [3.63, 3.8) is 0 Å². The zero-order valence-electron chi connectivity index (χ0n) is 11.5. The summed E-state index contributed by atoms with van der Waals surface area (Å²) in [6.07, 6.45) is 5.06. The van der Waals surface area contributed by atoms with Crippen LogP contribution >= 0.6 is 0 Å². The van der Waals surface area contributed by atoms with Crippen molar-refractivity contribution in [1.29, 1.82) is 0 Å². The van der Waals surface area contributed by atoms with Crippen molar-refractivity contribution in [2.75, 3.05) is 0 Å². The van der Waals surface area contributed by atoms with Crippen LogP contribution in [0.25, 0.3) is 0 Å². The number of rotatable bonds is 0. The van der Waals surface area contributed by atoms with Gasteiger partial charge >= 0.3 is 0 Å². The summed E-state index contributed by atoms with van der Waals surface area (Å²) in [5, 5.41) is 0. The predicted molar refractivity (Wildman–Crippen MR) is 76.8 cm³/mol. The van der Waals surface area contributed by atoms with Gasteiger partial charge in [0.2, 0.25) is 0 Å². The molecule has 0 saturated heterocycles. The van der Waals surface area contributed by atoms with E-state index in [-0.39, 0.29) is 5.56 Å². The lowest BCUT2D eigenvalue weighted by atomic mass is 10.1. The first-order valence-electron chi connectivity index (χ1n) is 6.36. The van der Waals surface area contributed by atoms with Crippen LogP contribution in [0.3, 0.4) is 0 Å². The molecule has 0 amide bonds. The van der Waals surface area contributed by atoms with Crippen LogP contribution < -0.4 is 0 Å². The molecule has 0 spiro atoms. The number of benzene rings is 1. The zero-order valence-corrected chi connectivity index (χ0v) is 11.5. The van der Waals surface area contributed by atoms with Crippen LogP contribution in [-0.4, -0.2) is 0 Å². The SMILES string of the molecule is C/C1=C/C=C(/C#Cc2c(F)cc(C)cc2F)CC#CC1. The molecule has 2 rings (SSSR count). The quantitative estimate of drug-likeness (QED) is 0.616. The summed E-state index contributed by atoms with van der Waals surface area (Å²) in [6.45, 7) is 3.63. The molecule has 0 bridgehead atoms. The Labute approximate surface area is 118 Å². The maximum atomic E-state index is 13.7. The lowest BCUT2D eigenvalue weighted by Gasteiger charge is -2.00. The van der Waals surface area contributed by atoms with Crippen molar-refractivity contribution in [3.05, 3.63) is 58.2 Å². The van der Waals surface area contributed by atoms with E-state index in [1.807, 2.05) is 19.1 Å². The Morgan fingerprint density at radius 1 is 0.950 bits per heavy atom. The predicted octanol–water partition coefficient (Wildman–Crippen LogP) is 4.29. The molecule has 0 aliphatic heterocycles. The fourth-order valence-corrected chi connectivity index (χ4v) is 1.77. The topological polar surface area (TPSA) is 0 Å². The molecule has 1 aliphatic carbocycles. The smallest absolute Gasteiger partial charge is 0.142 e. The molecule has 0 fully saturated rings. The van der Waals surface area contributed by atoms with Crippen molar-refractivity contribution in [2.24, 2.45) is 0 Å². The van der Waals surface area contributed by atoms with Crippen LogP contribution in [0, 0.1) is 42.2 Å². The maximum Gasteiger partial charge on any atom is 0.142 e. The van der Waals surface area contributed by atoms with Crippen molar-refractivity contribution < 1.29 is 8.78 Å². The standard InChI is InChI=1S/C18H14F2/c1-13-5-3-4-6-15(8-7-13)9-10-16-17(19)11-14(2)12-18(16)20/h7-8,11-12H,5-6H2,1-2H3/b13-7-,15-8+. The third kappa shape index (κ3) is 3.59. The average Bonchev–Trinajstić information content (AvgIpc) is 2.35. The first-order chi connectivity index (χ1) is 9.56. The normalized spacial score (nSPS) is 19.0. The largest absolute Gasteiger partial charge is 0.206 e. The molecule has 20 heavy (non-hydrogen) atoms. The summed E-state index contributed by atoms with van der Waals surface area (Å²) < 4.78 is 27.3. The minimum Gasteiger partial charge on any atom is -0.206 e. The van der Waals surface area contributed by atoms with Gasteiger partial charge < -0.3 is 0 Å². The Morgan fingerprint density at radius 2 is 1.60 bits per heavy atom. The zero-order chi connectivity index (χ0) is 14.5. The second kappa shape index (κ2) is 6.22. The van der Waals surface area contributed by atoms with Gasteiger partial charge in [-0.05, 0) is 37.6 Å². The van der Waals surface area contributed by atoms with Crippen LogP contribution in [0.1, 0.15) is 30.9 Å². The summed E-state index contributed by atoms with van der Waals surface area (Å²) in [4.78, 5) is 0. The lowest BCUT2D eigenvalue weighted by molar-refractivity contribution is 0.575. The van der Waals surface area contributed by atoms with Gasteiger partial charge in [0.25, 0.3) is 0 Å². The Bertz CT molecular complexity index is 690. The average molecular weight is 268 g/mol. The van der Waals surface area contributed by atoms with E-state index >= 15 is 0 Å². The number of allylic oxidation sites excluding steroid dienone is 4. The summed E-state index contributed by atoms with van der Waals surface area (Å²) in [6, 6.07) is 2.56. The molecule has 1 aromatic carbocycles. The van der Waals surface area contributed by atoms with Gasteiger partial charge in [0.1, 0.15) is 11.6 Å². The van der Waals surface area contributed by atoms with Crippen LogP contribution in [0.5, 0.6) is 0 Å². The Morgan fingerprint density at radius 3 is 2.30 bits per heavy atom. The number of hydrogen-bond acceptors (Lipinski definition) is 0. The Kier molecular flexibility index (Phi) is 4.38. The highest BCUT2D eigenvalue weighted by molar-refractivity contribution is 5.46. The van der Waals surface area contributed by atoms with E-state index < -0.39 is 11.6 Å². The van der Waals surface area contributed by atoms with E-state index in [4.69, 9.17) is 0 Å². The van der Waals surface area contributed by atoms with E-state index in [9.17, 15) is 8.78 Å². The number of hydrogen-bond donors (Lipinski definition) is 0. The van der Waals surface area contributed by atoms with Crippen LogP contribution in [0.2, 0.25) is 0 Å². The molecule has 0 radical (unpaired) electrons. The van der Waals surface area contributed by atoms with Crippen LogP contribution in [0.4, 0.5) is 8.78 Å². The fourth-order valence-electron chi connectivity index (χ4n) is 1.77. The Balaban J connectivity index is 2.34. The van der Waals surface area contributed by atoms with Gasteiger partial charge in [-0.1, -0.05) is 35.3 Å². The van der Waals surface area contributed by atoms with Gasteiger partial charge in [-0.15, -0.1) is 0 Å². The molecule has 100 valence electrons. The van der Waals surface area contributed by atoms with Crippen molar-refractivity contribution in [1.82, 2.24) is 0 Å². The van der Waals surface area contributed by atoms with Gasteiger partial charge in [-0.3, -0.25) is 0 Å². The minimum atomic E-state index is -0.626. The molecule has 0 unspecified atom stereocenters. The first-order valence-corrected chi connectivity index (χ1v) is 6.36. The van der Waals surface area contributed by atoms with E-state index in [0.717, 1.165) is 17.6 Å². The summed E-state index contributed by atoms with van der Waals surface area (Å²) in [5.41, 5.74) is 2.26. The minimum absolute atomic E-state index is 0.188. The summed E-state index contributed by atoms with van der Waals surface area (Å²) >= 11 is 0. The molecule has 0 saturated carbocycles. The van der Waals surface area contributed by atoms with Gasteiger partial charge in [-0.2, -0.15) is 0 Å². The van der Waals surface area contributed by atoms with Gasteiger partial charge in [0.05, 0.1) is 5.56 Å². The van der Waals surface area contributed by atoms with Crippen molar-refractivity contribution >= 4 is 0 Å². The monoisotopic (exact) mass is 268 g/mol. The summed E-state index contributed by atoms with van der Waals surface area (Å²) in [7, 11) is 0. The molecule has 0 N–H and O–H groups in total. The third-order valence-electron chi connectivity index (χ3n) is 2.87. The van der Waals surface area contributed by atoms with Crippen molar-refractivity contribution in [3.8, 4) is 23.7 Å². The van der Waals surface area contributed by atoms with E-state index in [1.165, 1.54) is 12.1 Å². The number of aryl methyl sites for hydroxylation is 1. The third-order valence-corrected chi connectivity index (χ3v) is 2.87. The van der Waals surface area contributed by atoms with Gasteiger partial charge in [0, 0.05) is 18.4 Å². The molecule has 0 atom stereocenters. The summed E-state index contributed by atoms with van der Waals surface area (Å²) in [5.74, 6) is 10.1. The second-order valence-electron chi connectivity index (χ2n) is 4.77. The second-order valence-corrected chi connectivity index (χ2v) is 4.77. The highest BCUT2D eigenvalue weighted by Crippen LogP contribution is 2.14. The maximum absolute atomic E-state index is 13.7. The van der Waals surface area contributed by atoms with Crippen LogP contribution in [0.15, 0.2) is 35.4 Å². The van der Waals surface area contributed by atoms with Gasteiger partial charge in [0.15, 0.2) is 0 Å². The van der Waals surface area contributed by atoms with E-state index in [1.54, 1.807) is 6.92 Å². The van der Waals surface area contributed by atoms with Crippen molar-refractivity contribution in [2.45, 2.75) is 26.7 Å². The van der Waals surface area contributed by atoms with Crippen LogP contribution in [-0.2, 0) is 0 Å².